The van der Waals surface area contributed by atoms with Gasteiger partial charge >= 0.3 is 0 Å². The summed E-state index contributed by atoms with van der Waals surface area (Å²) in [6.07, 6.45) is 1.46. The Morgan fingerprint density at radius 2 is 1.86 bits per heavy atom. The molecule has 0 N–H and O–H groups in total. The number of hydrogen-bond donors (Lipinski definition) is 0. The van der Waals surface area contributed by atoms with Crippen molar-refractivity contribution < 1.29 is 17.9 Å². The van der Waals surface area contributed by atoms with Gasteiger partial charge in [-0.25, -0.2) is 8.42 Å². The summed E-state index contributed by atoms with van der Waals surface area (Å²) in [6.45, 7) is 11.4. The molecule has 0 spiro atoms. The molecule has 7 nitrogen and oxygen atoms in total. The number of aryl methyl sites for hydroxylation is 1. The zero-order valence-corrected chi connectivity index (χ0v) is 18.6. The van der Waals surface area contributed by atoms with Gasteiger partial charge in [-0.1, -0.05) is 6.92 Å². The normalized spacial score (nSPS) is 21.9. The molecule has 162 valence electrons. The summed E-state index contributed by atoms with van der Waals surface area (Å²) >= 11 is 0. The largest absolute Gasteiger partial charge is 0.494 e. The Morgan fingerprint density at radius 3 is 2.48 bits per heavy atom. The first kappa shape index (κ1) is 22.1. The summed E-state index contributed by atoms with van der Waals surface area (Å²) in [5.74, 6) is 0.545. The van der Waals surface area contributed by atoms with Crippen LogP contribution < -0.4 is 4.74 Å². The third-order valence-electron chi connectivity index (χ3n) is 5.95. The highest BCUT2D eigenvalue weighted by Gasteiger charge is 2.35. The standard InChI is InChI=1S/C21H33N3O4S/c1-4-22-11-13-23(14-12-22)21(25)18-7-6-10-24(16-18)29(26,27)19-8-9-20(28-5-2)17(3)15-19/h8-9,15,18H,4-7,10-14,16H2,1-3H3/t18-/m1/s1. The molecule has 0 bridgehead atoms. The lowest BCUT2D eigenvalue weighted by molar-refractivity contribution is -0.138. The smallest absolute Gasteiger partial charge is 0.243 e. The van der Waals surface area contributed by atoms with E-state index in [4.69, 9.17) is 4.74 Å². The van der Waals surface area contributed by atoms with Crippen molar-refractivity contribution in [1.29, 1.82) is 0 Å². The van der Waals surface area contributed by atoms with Crippen molar-refractivity contribution >= 4 is 15.9 Å². The van der Waals surface area contributed by atoms with Crippen LogP contribution in [0.4, 0.5) is 0 Å². The van der Waals surface area contributed by atoms with Crippen LogP contribution in [0.15, 0.2) is 23.1 Å². The molecule has 2 aliphatic heterocycles. The van der Waals surface area contributed by atoms with Gasteiger partial charge in [0, 0.05) is 39.3 Å². The monoisotopic (exact) mass is 423 g/mol. The van der Waals surface area contributed by atoms with Gasteiger partial charge in [0.25, 0.3) is 0 Å². The molecule has 2 aliphatic rings. The van der Waals surface area contributed by atoms with Gasteiger partial charge in [-0.2, -0.15) is 4.31 Å². The quantitative estimate of drug-likeness (QED) is 0.700. The maximum absolute atomic E-state index is 13.2. The molecule has 2 saturated heterocycles. The van der Waals surface area contributed by atoms with Gasteiger partial charge in [-0.3, -0.25) is 4.79 Å². The minimum absolute atomic E-state index is 0.100. The van der Waals surface area contributed by atoms with Crippen LogP contribution in [0, 0.1) is 12.8 Å². The van der Waals surface area contributed by atoms with E-state index in [0.29, 0.717) is 25.3 Å². The van der Waals surface area contributed by atoms with Crippen molar-refractivity contribution in [2.75, 3.05) is 52.4 Å². The zero-order chi connectivity index (χ0) is 21.0. The number of benzene rings is 1. The number of sulfonamides is 1. The lowest BCUT2D eigenvalue weighted by Crippen LogP contribution is -2.52. The molecule has 2 heterocycles. The highest BCUT2D eigenvalue weighted by atomic mass is 32.2. The molecule has 3 rings (SSSR count). The Hall–Kier alpha value is -1.64. The Kier molecular flexibility index (Phi) is 7.19. The molecular formula is C21H33N3O4S. The van der Waals surface area contributed by atoms with Gasteiger partial charge < -0.3 is 14.5 Å². The molecule has 0 radical (unpaired) electrons. The molecule has 1 aromatic rings. The summed E-state index contributed by atoms with van der Waals surface area (Å²) < 4.78 is 33.4. The van der Waals surface area contributed by atoms with Crippen LogP contribution in [0.25, 0.3) is 0 Å². The average molecular weight is 424 g/mol. The number of piperazine rings is 1. The number of hydrogen-bond acceptors (Lipinski definition) is 5. The van der Waals surface area contributed by atoms with Gasteiger partial charge in [-0.15, -0.1) is 0 Å². The van der Waals surface area contributed by atoms with Crippen molar-refractivity contribution in [3.8, 4) is 5.75 Å². The molecule has 1 aromatic carbocycles. The Bertz CT molecular complexity index is 819. The molecule has 1 atom stereocenters. The van der Waals surface area contributed by atoms with Crippen molar-refractivity contribution in [2.24, 2.45) is 5.92 Å². The Labute approximate surface area is 174 Å². The summed E-state index contributed by atoms with van der Waals surface area (Å²) in [6, 6.07) is 4.98. The third-order valence-corrected chi connectivity index (χ3v) is 7.81. The number of amides is 1. The molecule has 8 heteroatoms. The topological polar surface area (TPSA) is 70.2 Å². The van der Waals surface area contributed by atoms with Crippen molar-refractivity contribution in [1.82, 2.24) is 14.1 Å². The lowest BCUT2D eigenvalue weighted by Gasteiger charge is -2.38. The Balaban J connectivity index is 1.69. The second-order valence-electron chi connectivity index (χ2n) is 7.82. The van der Waals surface area contributed by atoms with Gasteiger partial charge in [-0.05, 0) is 57.0 Å². The van der Waals surface area contributed by atoms with E-state index in [9.17, 15) is 13.2 Å². The van der Waals surface area contributed by atoms with Crippen LogP contribution in [0.1, 0.15) is 32.3 Å². The van der Waals surface area contributed by atoms with Crippen LogP contribution >= 0.6 is 0 Å². The zero-order valence-electron chi connectivity index (χ0n) is 17.8. The van der Waals surface area contributed by atoms with E-state index in [1.165, 1.54) is 4.31 Å². The molecule has 0 aromatic heterocycles. The van der Waals surface area contributed by atoms with E-state index in [0.717, 1.165) is 44.7 Å². The fourth-order valence-electron chi connectivity index (χ4n) is 4.15. The molecule has 2 fully saturated rings. The first-order valence-electron chi connectivity index (χ1n) is 10.6. The molecular weight excluding hydrogens is 390 g/mol. The van der Waals surface area contributed by atoms with Crippen LogP contribution in [0.3, 0.4) is 0 Å². The molecule has 0 aliphatic carbocycles. The highest BCUT2D eigenvalue weighted by molar-refractivity contribution is 7.89. The van der Waals surface area contributed by atoms with E-state index >= 15 is 0 Å². The summed E-state index contributed by atoms with van der Waals surface area (Å²) in [4.78, 5) is 17.5. The van der Waals surface area contributed by atoms with Crippen LogP contribution in [0.2, 0.25) is 0 Å². The van der Waals surface area contributed by atoms with Crippen molar-refractivity contribution in [3.63, 3.8) is 0 Å². The van der Waals surface area contributed by atoms with Gasteiger partial charge in [0.05, 0.1) is 17.4 Å². The number of carbonyl (C=O) groups excluding carboxylic acids is 1. The number of likely N-dealkylation sites (N-methyl/N-ethyl adjacent to an activating group) is 1. The first-order chi connectivity index (χ1) is 13.9. The SMILES string of the molecule is CCOc1ccc(S(=O)(=O)N2CCC[C@@H](C(=O)N3CCN(CC)CC3)C2)cc1C. The third kappa shape index (κ3) is 4.92. The summed E-state index contributed by atoms with van der Waals surface area (Å²) in [7, 11) is -3.63. The predicted octanol–water partition coefficient (Wildman–Crippen LogP) is 1.96. The molecule has 0 saturated carbocycles. The number of ether oxygens (including phenoxy) is 1. The van der Waals surface area contributed by atoms with Crippen molar-refractivity contribution in [3.05, 3.63) is 23.8 Å². The van der Waals surface area contributed by atoms with E-state index in [1.807, 2.05) is 18.7 Å². The number of rotatable bonds is 6. The van der Waals surface area contributed by atoms with Gasteiger partial charge in [0.2, 0.25) is 15.9 Å². The van der Waals surface area contributed by atoms with E-state index in [1.54, 1.807) is 18.2 Å². The fourth-order valence-corrected chi connectivity index (χ4v) is 5.76. The minimum Gasteiger partial charge on any atom is -0.494 e. The van der Waals surface area contributed by atoms with E-state index in [2.05, 4.69) is 11.8 Å². The minimum atomic E-state index is -3.63. The number of piperidine rings is 1. The highest BCUT2D eigenvalue weighted by Crippen LogP contribution is 2.28. The Morgan fingerprint density at radius 1 is 1.14 bits per heavy atom. The number of nitrogens with zero attached hydrogens (tertiary/aromatic N) is 3. The second-order valence-corrected chi connectivity index (χ2v) is 9.76. The second kappa shape index (κ2) is 9.45. The fraction of sp³-hybridized carbons (Fsp3) is 0.667. The summed E-state index contributed by atoms with van der Waals surface area (Å²) in [5, 5.41) is 0. The van der Waals surface area contributed by atoms with Crippen LogP contribution in [-0.2, 0) is 14.8 Å². The van der Waals surface area contributed by atoms with E-state index in [-0.39, 0.29) is 23.3 Å². The van der Waals surface area contributed by atoms with Gasteiger partial charge in [0.15, 0.2) is 0 Å². The maximum Gasteiger partial charge on any atom is 0.243 e. The predicted molar refractivity (Wildman–Crippen MR) is 113 cm³/mol. The van der Waals surface area contributed by atoms with Gasteiger partial charge in [0.1, 0.15) is 5.75 Å². The van der Waals surface area contributed by atoms with Crippen LogP contribution in [-0.4, -0.2) is 80.9 Å². The first-order valence-corrected chi connectivity index (χ1v) is 12.1. The maximum atomic E-state index is 13.2. The molecule has 1 amide bonds. The van der Waals surface area contributed by atoms with Crippen molar-refractivity contribution in [2.45, 2.75) is 38.5 Å². The molecule has 29 heavy (non-hydrogen) atoms. The van der Waals surface area contributed by atoms with Crippen LogP contribution in [0.5, 0.6) is 5.75 Å². The van der Waals surface area contributed by atoms with E-state index < -0.39 is 10.0 Å². The lowest BCUT2D eigenvalue weighted by atomic mass is 9.98. The number of carbonyl (C=O) groups is 1. The summed E-state index contributed by atoms with van der Waals surface area (Å²) in [5.41, 5.74) is 0.798. The molecule has 0 unspecified atom stereocenters. The average Bonchev–Trinajstić information content (AvgIpc) is 2.75.